The van der Waals surface area contributed by atoms with Crippen molar-refractivity contribution in [2.45, 2.75) is 26.2 Å². The first-order valence-electron chi connectivity index (χ1n) is 9.16. The molecular formula is C19H19ClN4O6. The molecule has 2 aromatic heterocycles. The van der Waals surface area contributed by atoms with Crippen LogP contribution in [0.4, 0.5) is 0 Å². The van der Waals surface area contributed by atoms with Crippen LogP contribution in [0.2, 0.25) is 0 Å². The predicted octanol–water partition coefficient (Wildman–Crippen LogP) is 2.74. The fourth-order valence-corrected chi connectivity index (χ4v) is 2.58. The Morgan fingerprint density at radius 3 is 2.23 bits per heavy atom. The van der Waals surface area contributed by atoms with Crippen LogP contribution in [-0.2, 0) is 25.5 Å². The van der Waals surface area contributed by atoms with Crippen LogP contribution >= 0.6 is 11.6 Å². The molecule has 0 radical (unpaired) electrons. The number of rotatable bonds is 10. The lowest BCUT2D eigenvalue weighted by molar-refractivity contribution is -0.152. The molecule has 10 nitrogen and oxygen atoms in total. The smallest absolute Gasteiger partial charge is 0.307 e. The van der Waals surface area contributed by atoms with Crippen molar-refractivity contribution in [3.8, 4) is 22.8 Å². The number of aryl methyl sites for hydroxylation is 2. The van der Waals surface area contributed by atoms with E-state index < -0.39 is 11.9 Å². The molecule has 0 bridgehead atoms. The zero-order chi connectivity index (χ0) is 21.3. The second-order valence-electron chi connectivity index (χ2n) is 6.11. The third-order valence-electron chi connectivity index (χ3n) is 3.83. The molecular weight excluding hydrogens is 416 g/mol. The number of alkyl halides is 1. The van der Waals surface area contributed by atoms with Gasteiger partial charge >= 0.3 is 11.9 Å². The standard InChI is InChI=1S/C19H19ClN4O6/c1-12-21-18(23-29-12)13-3-2-4-14(11-13)19-22-15(30-24-19)5-6-16(25)27-9-10-28-17(26)7-8-20/h2-4,11H,5-10H2,1H3. The summed E-state index contributed by atoms with van der Waals surface area (Å²) in [5.74, 6) is 0.913. The maximum atomic E-state index is 11.8. The Kier molecular flexibility index (Phi) is 7.50. The second-order valence-corrected chi connectivity index (χ2v) is 6.49. The predicted molar refractivity (Wildman–Crippen MR) is 103 cm³/mol. The lowest BCUT2D eigenvalue weighted by atomic mass is 10.1. The second kappa shape index (κ2) is 10.5. The van der Waals surface area contributed by atoms with Crippen LogP contribution in [0.5, 0.6) is 0 Å². The Bertz CT molecular complexity index is 1000. The van der Waals surface area contributed by atoms with E-state index in [1.54, 1.807) is 6.92 Å². The van der Waals surface area contributed by atoms with Crippen LogP contribution in [-0.4, -0.2) is 51.3 Å². The van der Waals surface area contributed by atoms with Gasteiger partial charge in [0.25, 0.3) is 0 Å². The first-order valence-corrected chi connectivity index (χ1v) is 9.69. The lowest BCUT2D eigenvalue weighted by Crippen LogP contribution is -2.14. The highest BCUT2D eigenvalue weighted by molar-refractivity contribution is 6.18. The highest BCUT2D eigenvalue weighted by Crippen LogP contribution is 2.23. The molecule has 11 heteroatoms. The minimum Gasteiger partial charge on any atom is -0.462 e. The van der Waals surface area contributed by atoms with Crippen LogP contribution in [0.1, 0.15) is 24.6 Å². The largest absolute Gasteiger partial charge is 0.462 e. The lowest BCUT2D eigenvalue weighted by Gasteiger charge is -2.05. The summed E-state index contributed by atoms with van der Waals surface area (Å²) >= 11 is 5.42. The summed E-state index contributed by atoms with van der Waals surface area (Å²) in [6.45, 7) is 1.68. The molecule has 3 rings (SSSR count). The summed E-state index contributed by atoms with van der Waals surface area (Å²) < 4.78 is 20.0. The van der Waals surface area contributed by atoms with Crippen LogP contribution in [0.15, 0.2) is 33.3 Å². The first-order chi connectivity index (χ1) is 14.5. The van der Waals surface area contributed by atoms with Gasteiger partial charge in [-0.3, -0.25) is 9.59 Å². The van der Waals surface area contributed by atoms with Crippen LogP contribution in [0, 0.1) is 6.92 Å². The van der Waals surface area contributed by atoms with Gasteiger partial charge in [0.15, 0.2) is 0 Å². The number of aromatic nitrogens is 4. The molecule has 0 aliphatic heterocycles. The molecule has 0 aliphatic rings. The van der Waals surface area contributed by atoms with Crippen LogP contribution in [0.3, 0.4) is 0 Å². The van der Waals surface area contributed by atoms with Gasteiger partial charge in [0, 0.05) is 30.4 Å². The number of hydrogen-bond donors (Lipinski definition) is 0. The highest BCUT2D eigenvalue weighted by Gasteiger charge is 2.13. The molecule has 3 aromatic rings. The molecule has 0 N–H and O–H groups in total. The Balaban J connectivity index is 1.48. The summed E-state index contributed by atoms with van der Waals surface area (Å²) in [5, 5.41) is 7.83. The third-order valence-corrected chi connectivity index (χ3v) is 4.01. The SMILES string of the molecule is Cc1nc(-c2cccc(-c3noc(CCC(=O)OCCOC(=O)CCCl)n3)c2)no1. The number of esters is 2. The molecule has 2 heterocycles. The van der Waals surface area contributed by atoms with E-state index in [9.17, 15) is 9.59 Å². The van der Waals surface area contributed by atoms with E-state index in [-0.39, 0.29) is 38.4 Å². The van der Waals surface area contributed by atoms with Gasteiger partial charge in [0.2, 0.25) is 23.4 Å². The number of ether oxygens (including phenoxy) is 2. The van der Waals surface area contributed by atoms with Crippen molar-refractivity contribution in [1.29, 1.82) is 0 Å². The maximum Gasteiger partial charge on any atom is 0.307 e. The average Bonchev–Trinajstić information content (AvgIpc) is 3.39. The molecule has 0 saturated heterocycles. The number of benzene rings is 1. The molecule has 0 saturated carbocycles. The van der Waals surface area contributed by atoms with E-state index in [0.29, 0.717) is 29.0 Å². The van der Waals surface area contributed by atoms with Gasteiger partial charge in [-0.25, -0.2) is 0 Å². The van der Waals surface area contributed by atoms with E-state index in [2.05, 4.69) is 20.3 Å². The number of hydrogen-bond acceptors (Lipinski definition) is 10. The molecule has 1 aromatic carbocycles. The molecule has 158 valence electrons. The van der Waals surface area contributed by atoms with E-state index in [1.807, 2.05) is 24.3 Å². The first kappa shape index (κ1) is 21.4. The molecule has 0 unspecified atom stereocenters. The summed E-state index contributed by atoms with van der Waals surface area (Å²) in [4.78, 5) is 31.4. The van der Waals surface area contributed by atoms with Crippen molar-refractivity contribution in [2.75, 3.05) is 19.1 Å². The minimum atomic E-state index is -0.461. The van der Waals surface area contributed by atoms with Gasteiger partial charge in [-0.05, 0) is 6.07 Å². The fraction of sp³-hybridized carbons (Fsp3) is 0.368. The number of halogens is 1. The zero-order valence-corrected chi connectivity index (χ0v) is 16.9. The molecule has 0 amide bonds. The number of carbonyl (C=O) groups excluding carboxylic acids is 2. The molecule has 0 fully saturated rings. The van der Waals surface area contributed by atoms with E-state index in [4.69, 9.17) is 30.1 Å². The number of nitrogens with zero attached hydrogens (tertiary/aromatic N) is 4. The monoisotopic (exact) mass is 434 g/mol. The van der Waals surface area contributed by atoms with Gasteiger partial charge in [-0.15, -0.1) is 11.6 Å². The maximum absolute atomic E-state index is 11.8. The van der Waals surface area contributed by atoms with Crippen molar-refractivity contribution in [3.05, 3.63) is 36.0 Å². The third kappa shape index (κ3) is 6.11. The Morgan fingerprint density at radius 2 is 1.60 bits per heavy atom. The van der Waals surface area contributed by atoms with E-state index >= 15 is 0 Å². The Morgan fingerprint density at radius 1 is 0.967 bits per heavy atom. The van der Waals surface area contributed by atoms with E-state index in [0.717, 1.165) is 5.56 Å². The van der Waals surface area contributed by atoms with Crippen molar-refractivity contribution in [2.24, 2.45) is 0 Å². The summed E-state index contributed by atoms with van der Waals surface area (Å²) in [6.07, 6.45) is 0.397. The highest BCUT2D eigenvalue weighted by atomic mass is 35.5. The fourth-order valence-electron chi connectivity index (χ4n) is 2.43. The van der Waals surface area contributed by atoms with Crippen LogP contribution in [0.25, 0.3) is 22.8 Å². The molecule has 0 atom stereocenters. The topological polar surface area (TPSA) is 130 Å². The molecule has 30 heavy (non-hydrogen) atoms. The number of carbonyl (C=O) groups is 2. The average molecular weight is 435 g/mol. The summed E-state index contributed by atoms with van der Waals surface area (Å²) in [6, 6.07) is 7.31. The summed E-state index contributed by atoms with van der Waals surface area (Å²) in [7, 11) is 0. The van der Waals surface area contributed by atoms with Crippen molar-refractivity contribution in [3.63, 3.8) is 0 Å². The van der Waals surface area contributed by atoms with Gasteiger partial charge in [-0.1, -0.05) is 28.5 Å². The van der Waals surface area contributed by atoms with Gasteiger partial charge < -0.3 is 18.5 Å². The summed E-state index contributed by atoms with van der Waals surface area (Å²) in [5.41, 5.74) is 1.47. The van der Waals surface area contributed by atoms with E-state index in [1.165, 1.54) is 0 Å². The van der Waals surface area contributed by atoms with Gasteiger partial charge in [-0.2, -0.15) is 9.97 Å². The quantitative estimate of drug-likeness (QED) is 0.266. The van der Waals surface area contributed by atoms with Crippen LogP contribution < -0.4 is 0 Å². The molecule has 0 aliphatic carbocycles. The molecule has 0 spiro atoms. The van der Waals surface area contributed by atoms with Gasteiger partial charge in [0.05, 0.1) is 12.8 Å². The minimum absolute atomic E-state index is 0.0115. The Hall–Kier alpha value is -3.27. The Labute approximate surface area is 176 Å². The zero-order valence-electron chi connectivity index (χ0n) is 16.2. The normalized spacial score (nSPS) is 10.7. The van der Waals surface area contributed by atoms with Gasteiger partial charge in [0.1, 0.15) is 13.2 Å². The van der Waals surface area contributed by atoms with Crippen molar-refractivity contribution in [1.82, 2.24) is 20.3 Å². The van der Waals surface area contributed by atoms with Crippen molar-refractivity contribution < 1.29 is 28.1 Å². The van der Waals surface area contributed by atoms with Crippen molar-refractivity contribution >= 4 is 23.5 Å².